The summed E-state index contributed by atoms with van der Waals surface area (Å²) in [6.07, 6.45) is 0. The standard InChI is InChI=1S/C15H17NO2/c1-11-10-14(12(2)16(11)8-9-17)15(18)13-6-4-3-5-7-13/h3-7,10,17H,8-9H2,1-2H3. The molecule has 3 heteroatoms. The molecule has 2 rings (SSSR count). The summed E-state index contributed by atoms with van der Waals surface area (Å²) in [6, 6.07) is 11.1. The van der Waals surface area contributed by atoms with Crippen molar-refractivity contribution < 1.29 is 9.90 Å². The second kappa shape index (κ2) is 5.19. The van der Waals surface area contributed by atoms with Gasteiger partial charge in [0.25, 0.3) is 0 Å². The van der Waals surface area contributed by atoms with Crippen LogP contribution in [0.2, 0.25) is 0 Å². The third kappa shape index (κ3) is 2.22. The Morgan fingerprint density at radius 2 is 1.89 bits per heavy atom. The number of aryl methyl sites for hydroxylation is 1. The summed E-state index contributed by atoms with van der Waals surface area (Å²) in [5.41, 5.74) is 3.32. The predicted molar refractivity (Wildman–Crippen MR) is 70.9 cm³/mol. The van der Waals surface area contributed by atoms with Crippen molar-refractivity contribution in [2.24, 2.45) is 0 Å². The molecule has 1 heterocycles. The van der Waals surface area contributed by atoms with Gasteiger partial charge in [-0.05, 0) is 19.9 Å². The Morgan fingerprint density at radius 3 is 2.50 bits per heavy atom. The van der Waals surface area contributed by atoms with Crippen LogP contribution in [0.1, 0.15) is 27.3 Å². The third-order valence-electron chi connectivity index (χ3n) is 3.18. The third-order valence-corrected chi connectivity index (χ3v) is 3.18. The molecule has 1 aromatic carbocycles. The lowest BCUT2D eigenvalue weighted by Crippen LogP contribution is -2.08. The first-order valence-electron chi connectivity index (χ1n) is 6.02. The molecule has 0 radical (unpaired) electrons. The van der Waals surface area contributed by atoms with Crippen LogP contribution < -0.4 is 0 Å². The normalized spacial score (nSPS) is 10.6. The molecule has 0 aliphatic carbocycles. The molecule has 18 heavy (non-hydrogen) atoms. The number of aliphatic hydroxyl groups excluding tert-OH is 1. The van der Waals surface area contributed by atoms with Crippen LogP contribution in [0.5, 0.6) is 0 Å². The maximum Gasteiger partial charge on any atom is 0.194 e. The van der Waals surface area contributed by atoms with Crippen molar-refractivity contribution in [3.63, 3.8) is 0 Å². The maximum atomic E-state index is 12.4. The van der Waals surface area contributed by atoms with E-state index in [9.17, 15) is 4.79 Å². The Hall–Kier alpha value is -1.87. The number of benzene rings is 1. The van der Waals surface area contributed by atoms with Gasteiger partial charge in [0.1, 0.15) is 0 Å². The van der Waals surface area contributed by atoms with E-state index in [0.29, 0.717) is 17.7 Å². The van der Waals surface area contributed by atoms with E-state index >= 15 is 0 Å². The molecule has 0 saturated carbocycles. The number of hydrogen-bond acceptors (Lipinski definition) is 2. The number of aromatic nitrogens is 1. The average molecular weight is 243 g/mol. The highest BCUT2D eigenvalue weighted by Crippen LogP contribution is 2.18. The van der Waals surface area contributed by atoms with Gasteiger partial charge in [0.2, 0.25) is 0 Å². The fourth-order valence-electron chi connectivity index (χ4n) is 2.22. The van der Waals surface area contributed by atoms with Gasteiger partial charge >= 0.3 is 0 Å². The molecular weight excluding hydrogens is 226 g/mol. The molecule has 3 nitrogen and oxygen atoms in total. The first kappa shape index (κ1) is 12.6. The Morgan fingerprint density at radius 1 is 1.22 bits per heavy atom. The zero-order valence-corrected chi connectivity index (χ0v) is 10.7. The molecular formula is C15H17NO2. The van der Waals surface area contributed by atoms with Crippen LogP contribution in [0, 0.1) is 13.8 Å². The fraction of sp³-hybridized carbons (Fsp3) is 0.267. The van der Waals surface area contributed by atoms with Crippen LogP contribution in [0.4, 0.5) is 0 Å². The van der Waals surface area contributed by atoms with Gasteiger partial charge in [-0.1, -0.05) is 30.3 Å². The molecule has 0 atom stereocenters. The average Bonchev–Trinajstić information content (AvgIpc) is 2.67. The number of aliphatic hydroxyl groups is 1. The summed E-state index contributed by atoms with van der Waals surface area (Å²) in [5.74, 6) is 0.0351. The minimum absolute atomic E-state index is 0.0351. The van der Waals surface area contributed by atoms with Gasteiger partial charge in [-0.2, -0.15) is 0 Å². The highest BCUT2D eigenvalue weighted by molar-refractivity contribution is 6.09. The minimum Gasteiger partial charge on any atom is -0.395 e. The van der Waals surface area contributed by atoms with Gasteiger partial charge in [-0.15, -0.1) is 0 Å². The topological polar surface area (TPSA) is 42.2 Å². The van der Waals surface area contributed by atoms with Gasteiger partial charge < -0.3 is 9.67 Å². The number of carbonyl (C=O) groups is 1. The summed E-state index contributed by atoms with van der Waals surface area (Å²) in [4.78, 5) is 12.4. The van der Waals surface area contributed by atoms with E-state index in [4.69, 9.17) is 5.11 Å². The lowest BCUT2D eigenvalue weighted by Gasteiger charge is -2.07. The first-order chi connectivity index (χ1) is 8.65. The summed E-state index contributed by atoms with van der Waals surface area (Å²) in [6.45, 7) is 4.47. The van der Waals surface area contributed by atoms with Crippen molar-refractivity contribution >= 4 is 5.78 Å². The summed E-state index contributed by atoms with van der Waals surface area (Å²) >= 11 is 0. The summed E-state index contributed by atoms with van der Waals surface area (Å²) < 4.78 is 1.97. The molecule has 0 amide bonds. The molecule has 0 fully saturated rings. The van der Waals surface area contributed by atoms with Crippen molar-refractivity contribution in [3.05, 3.63) is 58.9 Å². The molecule has 0 bridgehead atoms. The number of rotatable bonds is 4. The Kier molecular flexibility index (Phi) is 3.63. The molecule has 0 unspecified atom stereocenters. The lowest BCUT2D eigenvalue weighted by atomic mass is 10.0. The van der Waals surface area contributed by atoms with Gasteiger partial charge in [-0.3, -0.25) is 4.79 Å². The van der Waals surface area contributed by atoms with E-state index in [1.807, 2.05) is 54.8 Å². The van der Waals surface area contributed by atoms with Crippen molar-refractivity contribution in [2.45, 2.75) is 20.4 Å². The number of carbonyl (C=O) groups excluding carboxylic acids is 1. The number of nitrogens with zero attached hydrogens (tertiary/aromatic N) is 1. The van der Waals surface area contributed by atoms with E-state index < -0.39 is 0 Å². The summed E-state index contributed by atoms with van der Waals surface area (Å²) in [7, 11) is 0. The summed E-state index contributed by atoms with van der Waals surface area (Å²) in [5, 5.41) is 9.03. The van der Waals surface area contributed by atoms with Gasteiger partial charge in [0.15, 0.2) is 5.78 Å². The molecule has 0 aliphatic rings. The van der Waals surface area contributed by atoms with Crippen molar-refractivity contribution in [3.8, 4) is 0 Å². The second-order valence-corrected chi connectivity index (χ2v) is 4.36. The van der Waals surface area contributed by atoms with E-state index in [-0.39, 0.29) is 12.4 Å². The molecule has 94 valence electrons. The van der Waals surface area contributed by atoms with Crippen molar-refractivity contribution in [1.82, 2.24) is 4.57 Å². The smallest absolute Gasteiger partial charge is 0.194 e. The maximum absolute atomic E-state index is 12.4. The Balaban J connectivity index is 2.41. The second-order valence-electron chi connectivity index (χ2n) is 4.36. The highest BCUT2D eigenvalue weighted by atomic mass is 16.3. The molecule has 0 spiro atoms. The number of hydrogen-bond donors (Lipinski definition) is 1. The van der Waals surface area contributed by atoms with Crippen molar-refractivity contribution in [2.75, 3.05) is 6.61 Å². The Labute approximate surface area is 107 Å². The van der Waals surface area contributed by atoms with Crippen molar-refractivity contribution in [1.29, 1.82) is 0 Å². The quantitative estimate of drug-likeness (QED) is 0.837. The fourth-order valence-corrected chi connectivity index (χ4v) is 2.22. The highest BCUT2D eigenvalue weighted by Gasteiger charge is 2.16. The van der Waals surface area contributed by atoms with E-state index in [1.165, 1.54) is 0 Å². The van der Waals surface area contributed by atoms with Gasteiger partial charge in [0, 0.05) is 29.1 Å². The van der Waals surface area contributed by atoms with E-state index in [0.717, 1.165) is 11.4 Å². The molecule has 2 aromatic rings. The SMILES string of the molecule is Cc1cc(C(=O)c2ccccc2)c(C)n1CCO. The van der Waals surface area contributed by atoms with Crippen LogP contribution in [0.25, 0.3) is 0 Å². The van der Waals surface area contributed by atoms with Crippen LogP contribution in [-0.4, -0.2) is 22.1 Å². The monoisotopic (exact) mass is 243 g/mol. The van der Waals surface area contributed by atoms with Gasteiger partial charge in [0.05, 0.1) is 6.61 Å². The zero-order chi connectivity index (χ0) is 13.1. The lowest BCUT2D eigenvalue weighted by molar-refractivity contribution is 0.103. The van der Waals surface area contributed by atoms with Crippen LogP contribution in [-0.2, 0) is 6.54 Å². The molecule has 1 aromatic heterocycles. The van der Waals surface area contributed by atoms with Crippen LogP contribution >= 0.6 is 0 Å². The Bertz CT molecular complexity index is 555. The minimum atomic E-state index is 0.0351. The van der Waals surface area contributed by atoms with E-state index in [2.05, 4.69) is 0 Å². The molecule has 1 N–H and O–H groups in total. The molecule has 0 aliphatic heterocycles. The first-order valence-corrected chi connectivity index (χ1v) is 6.02. The number of ketones is 1. The van der Waals surface area contributed by atoms with Gasteiger partial charge in [-0.25, -0.2) is 0 Å². The van der Waals surface area contributed by atoms with Crippen LogP contribution in [0.3, 0.4) is 0 Å². The largest absolute Gasteiger partial charge is 0.395 e. The zero-order valence-electron chi connectivity index (χ0n) is 10.7. The molecule has 0 saturated heterocycles. The van der Waals surface area contributed by atoms with E-state index in [1.54, 1.807) is 0 Å². The van der Waals surface area contributed by atoms with Crippen LogP contribution in [0.15, 0.2) is 36.4 Å². The predicted octanol–water partition coefficient (Wildman–Crippen LogP) is 2.33.